The van der Waals surface area contributed by atoms with Crippen LogP contribution in [0.1, 0.15) is 34.1 Å². The maximum Gasteiger partial charge on any atom is 0.168 e. The molecule has 0 saturated heterocycles. The van der Waals surface area contributed by atoms with Gasteiger partial charge in [0.2, 0.25) is 0 Å². The van der Waals surface area contributed by atoms with Crippen molar-refractivity contribution in [1.82, 2.24) is 4.98 Å². The number of hydrogen-bond donors (Lipinski definition) is 2. The van der Waals surface area contributed by atoms with E-state index in [-0.39, 0.29) is 6.10 Å². The van der Waals surface area contributed by atoms with Crippen LogP contribution in [0.2, 0.25) is 0 Å². The van der Waals surface area contributed by atoms with E-state index in [1.165, 1.54) is 0 Å². The van der Waals surface area contributed by atoms with Crippen LogP contribution in [0.15, 0.2) is 18.3 Å². The molecule has 1 aromatic rings. The summed E-state index contributed by atoms with van der Waals surface area (Å²) >= 11 is 0. The molecule has 0 spiro atoms. The fraction of sp³-hybridized carbons (Fsp3) is 0.615. The van der Waals surface area contributed by atoms with E-state index in [0.29, 0.717) is 18.8 Å². The van der Waals surface area contributed by atoms with Crippen LogP contribution in [0, 0.1) is 0 Å². The number of rotatable bonds is 6. The second-order valence-corrected chi connectivity index (χ2v) is 4.72. The topological polar surface area (TPSA) is 54.4 Å². The van der Waals surface area contributed by atoms with Crippen LogP contribution in [0.4, 0.5) is 5.82 Å². The van der Waals surface area contributed by atoms with Gasteiger partial charge in [-0.2, -0.15) is 0 Å². The third-order valence-electron chi connectivity index (χ3n) is 2.53. The molecule has 0 aliphatic rings. The van der Waals surface area contributed by atoms with Crippen LogP contribution in [0.25, 0.3) is 0 Å². The first-order valence-corrected chi connectivity index (χ1v) is 6.02. The molecule has 96 valence electrons. The third-order valence-corrected chi connectivity index (χ3v) is 2.53. The summed E-state index contributed by atoms with van der Waals surface area (Å²) in [5.41, 5.74) is -0.730. The molecule has 4 heteroatoms. The molecule has 2 N–H and O–H groups in total. The molecular weight excluding hydrogens is 216 g/mol. The number of anilines is 1. The third kappa shape index (κ3) is 4.61. The predicted molar refractivity (Wildman–Crippen MR) is 69.4 cm³/mol. The molecule has 0 aliphatic heterocycles. The van der Waals surface area contributed by atoms with Gasteiger partial charge in [-0.15, -0.1) is 0 Å². The molecule has 0 bridgehead atoms. The van der Waals surface area contributed by atoms with Gasteiger partial charge in [-0.05, 0) is 39.3 Å². The van der Waals surface area contributed by atoms with E-state index < -0.39 is 5.60 Å². The number of nitrogens with zero attached hydrogens (tertiary/aromatic N) is 1. The van der Waals surface area contributed by atoms with E-state index in [9.17, 15) is 5.11 Å². The first kappa shape index (κ1) is 13.8. The van der Waals surface area contributed by atoms with Gasteiger partial charge < -0.3 is 15.2 Å². The lowest BCUT2D eigenvalue weighted by Gasteiger charge is -2.23. The maximum absolute atomic E-state index is 9.93. The lowest BCUT2D eigenvalue weighted by atomic mass is 10.0. The lowest BCUT2D eigenvalue weighted by molar-refractivity contribution is 0.0696. The monoisotopic (exact) mass is 238 g/mol. The van der Waals surface area contributed by atoms with E-state index in [4.69, 9.17) is 4.74 Å². The SMILES string of the molecule is CCC(C)(O)CNc1ncccc1OC(C)C. The fourth-order valence-corrected chi connectivity index (χ4v) is 1.27. The predicted octanol–water partition coefficient (Wildman–Crippen LogP) is 2.44. The van der Waals surface area contributed by atoms with Crippen LogP contribution in [-0.4, -0.2) is 28.3 Å². The molecule has 1 rings (SSSR count). The minimum atomic E-state index is -0.730. The van der Waals surface area contributed by atoms with Gasteiger partial charge in [0.15, 0.2) is 11.6 Å². The van der Waals surface area contributed by atoms with Crippen LogP contribution in [0.5, 0.6) is 5.75 Å². The van der Waals surface area contributed by atoms with Crippen LogP contribution >= 0.6 is 0 Å². The molecule has 1 aromatic heterocycles. The van der Waals surface area contributed by atoms with Crippen molar-refractivity contribution in [2.45, 2.75) is 45.8 Å². The molecule has 0 radical (unpaired) electrons. The molecule has 0 fully saturated rings. The number of nitrogens with one attached hydrogen (secondary N) is 1. The summed E-state index contributed by atoms with van der Waals surface area (Å²) in [6.45, 7) is 8.14. The van der Waals surface area contributed by atoms with Crippen molar-refractivity contribution < 1.29 is 9.84 Å². The van der Waals surface area contributed by atoms with E-state index in [1.54, 1.807) is 13.1 Å². The Kier molecular flexibility index (Phi) is 4.75. The first-order valence-electron chi connectivity index (χ1n) is 6.02. The van der Waals surface area contributed by atoms with Crippen LogP contribution < -0.4 is 10.1 Å². The summed E-state index contributed by atoms with van der Waals surface area (Å²) in [7, 11) is 0. The van der Waals surface area contributed by atoms with Crippen molar-refractivity contribution in [2.24, 2.45) is 0 Å². The Morgan fingerprint density at radius 1 is 1.53 bits per heavy atom. The molecule has 1 unspecified atom stereocenters. The zero-order valence-corrected chi connectivity index (χ0v) is 11.0. The van der Waals surface area contributed by atoms with Crippen molar-refractivity contribution in [3.05, 3.63) is 18.3 Å². The Balaban J connectivity index is 2.70. The van der Waals surface area contributed by atoms with Crippen molar-refractivity contribution in [1.29, 1.82) is 0 Å². The summed E-state index contributed by atoms with van der Waals surface area (Å²) in [4.78, 5) is 4.22. The Morgan fingerprint density at radius 2 is 2.24 bits per heavy atom. The van der Waals surface area contributed by atoms with E-state index in [1.807, 2.05) is 32.9 Å². The van der Waals surface area contributed by atoms with Gasteiger partial charge >= 0.3 is 0 Å². The van der Waals surface area contributed by atoms with Gasteiger partial charge in [-0.25, -0.2) is 4.98 Å². The molecule has 0 aliphatic carbocycles. The minimum absolute atomic E-state index is 0.103. The van der Waals surface area contributed by atoms with Gasteiger partial charge in [0.1, 0.15) is 0 Å². The van der Waals surface area contributed by atoms with Crippen molar-refractivity contribution >= 4 is 5.82 Å². The highest BCUT2D eigenvalue weighted by molar-refractivity contribution is 5.49. The van der Waals surface area contributed by atoms with Crippen molar-refractivity contribution in [2.75, 3.05) is 11.9 Å². The second-order valence-electron chi connectivity index (χ2n) is 4.72. The Labute approximate surface area is 103 Å². The highest BCUT2D eigenvalue weighted by Gasteiger charge is 2.18. The average Bonchev–Trinajstić information content (AvgIpc) is 2.27. The molecule has 1 atom stereocenters. The Hall–Kier alpha value is -1.29. The summed E-state index contributed by atoms with van der Waals surface area (Å²) in [5, 5.41) is 13.0. The Bertz CT molecular complexity index is 351. The van der Waals surface area contributed by atoms with E-state index >= 15 is 0 Å². The van der Waals surface area contributed by atoms with Crippen molar-refractivity contribution in [3.63, 3.8) is 0 Å². The largest absolute Gasteiger partial charge is 0.487 e. The van der Waals surface area contributed by atoms with Gasteiger partial charge in [0.05, 0.1) is 11.7 Å². The van der Waals surface area contributed by atoms with E-state index in [0.717, 1.165) is 5.75 Å². The standard InChI is InChI=1S/C13H22N2O2/c1-5-13(4,16)9-15-12-11(17-10(2)3)7-6-8-14-12/h6-8,10,16H,5,9H2,1-4H3,(H,14,15). The van der Waals surface area contributed by atoms with Crippen molar-refractivity contribution in [3.8, 4) is 5.75 Å². The normalized spacial score (nSPS) is 14.5. The molecule has 1 heterocycles. The molecule has 0 aromatic carbocycles. The number of aromatic nitrogens is 1. The highest BCUT2D eigenvalue weighted by Crippen LogP contribution is 2.23. The number of aliphatic hydroxyl groups is 1. The maximum atomic E-state index is 9.93. The fourth-order valence-electron chi connectivity index (χ4n) is 1.27. The van der Waals surface area contributed by atoms with Gasteiger partial charge in [0.25, 0.3) is 0 Å². The highest BCUT2D eigenvalue weighted by atomic mass is 16.5. The van der Waals surface area contributed by atoms with Crippen LogP contribution in [0.3, 0.4) is 0 Å². The lowest BCUT2D eigenvalue weighted by Crippen LogP contribution is -2.32. The quantitative estimate of drug-likeness (QED) is 0.799. The van der Waals surface area contributed by atoms with Crippen LogP contribution in [-0.2, 0) is 0 Å². The summed E-state index contributed by atoms with van der Waals surface area (Å²) in [5.74, 6) is 1.39. The molecular formula is C13H22N2O2. The zero-order valence-electron chi connectivity index (χ0n) is 11.0. The number of hydrogen-bond acceptors (Lipinski definition) is 4. The molecule has 0 saturated carbocycles. The smallest absolute Gasteiger partial charge is 0.168 e. The minimum Gasteiger partial charge on any atom is -0.487 e. The van der Waals surface area contributed by atoms with E-state index in [2.05, 4.69) is 10.3 Å². The summed E-state index contributed by atoms with van der Waals surface area (Å²) in [6, 6.07) is 3.71. The first-order chi connectivity index (χ1) is 7.94. The van der Waals surface area contributed by atoms with Gasteiger partial charge in [0, 0.05) is 12.7 Å². The number of ether oxygens (including phenoxy) is 1. The molecule has 17 heavy (non-hydrogen) atoms. The number of pyridine rings is 1. The van der Waals surface area contributed by atoms with Gasteiger partial charge in [-0.3, -0.25) is 0 Å². The summed E-state index contributed by atoms with van der Waals surface area (Å²) in [6.07, 6.45) is 2.50. The zero-order chi connectivity index (χ0) is 12.9. The van der Waals surface area contributed by atoms with Gasteiger partial charge in [-0.1, -0.05) is 6.92 Å². The molecule has 4 nitrogen and oxygen atoms in total. The Morgan fingerprint density at radius 3 is 2.82 bits per heavy atom. The summed E-state index contributed by atoms with van der Waals surface area (Å²) < 4.78 is 5.64. The second kappa shape index (κ2) is 5.87. The molecule has 0 amide bonds. The average molecular weight is 238 g/mol.